The highest BCUT2D eigenvalue weighted by Crippen LogP contribution is 2.31. The van der Waals surface area contributed by atoms with Gasteiger partial charge >= 0.3 is 0 Å². The first-order valence-corrected chi connectivity index (χ1v) is 15.9. The van der Waals surface area contributed by atoms with Gasteiger partial charge in [-0.15, -0.1) is 0 Å². The van der Waals surface area contributed by atoms with E-state index in [4.69, 9.17) is 32.9 Å². The third-order valence-electron chi connectivity index (χ3n) is 7.98. The third kappa shape index (κ3) is 8.58. The second-order valence-electron chi connectivity index (χ2n) is 11.8. The van der Waals surface area contributed by atoms with E-state index in [2.05, 4.69) is 25.1 Å². The summed E-state index contributed by atoms with van der Waals surface area (Å²) in [6.07, 6.45) is 5.35. The number of hydrogen-bond acceptors (Lipinski definition) is 8. The monoisotopic (exact) mass is 639 g/mol. The van der Waals surface area contributed by atoms with Crippen LogP contribution >= 0.6 is 23.2 Å². The maximum absolute atomic E-state index is 12.3. The van der Waals surface area contributed by atoms with Crippen molar-refractivity contribution in [3.63, 3.8) is 0 Å². The Hall–Kier alpha value is -3.47. The number of nitrogens with zero attached hydrogens (tertiary/aromatic N) is 6. The minimum Gasteiger partial charge on any atom is -0.436 e. The molecule has 0 saturated carbocycles. The fourth-order valence-electron chi connectivity index (χ4n) is 5.59. The highest BCUT2D eigenvalue weighted by molar-refractivity contribution is 6.35. The van der Waals surface area contributed by atoms with Gasteiger partial charge in [0.25, 0.3) is 0 Å². The van der Waals surface area contributed by atoms with Crippen molar-refractivity contribution in [1.29, 1.82) is 0 Å². The number of amides is 2. The standard InChI is InChI=1S/C32H39Cl2N7O3/c1-21(2)31(43)40-8-10-41(11-9-40)32-36-18-28(19-37-32)44-30-13-24(12-29(38-30)25-14-26(33)16-27(34)15-25)20-39-6-4-23(5-7-39)17-35-22(3)42/h12-16,18-19,21,23H,4-11,17,20H2,1-3H3,(H,35,42). The highest BCUT2D eigenvalue weighted by Gasteiger charge is 2.24. The molecular formula is C32H39Cl2N7O3. The molecule has 0 spiro atoms. The van der Waals surface area contributed by atoms with Crippen LogP contribution in [0.4, 0.5) is 5.95 Å². The summed E-state index contributed by atoms with van der Waals surface area (Å²) in [6, 6.07) is 9.35. The molecule has 3 aromatic rings. The van der Waals surface area contributed by atoms with E-state index in [0.29, 0.717) is 65.4 Å². The molecule has 12 heteroatoms. The normalized spacial score (nSPS) is 16.3. The van der Waals surface area contributed by atoms with Crippen molar-refractivity contribution in [2.24, 2.45) is 11.8 Å². The number of piperazine rings is 1. The zero-order chi connectivity index (χ0) is 31.2. The zero-order valence-corrected chi connectivity index (χ0v) is 26.9. The number of nitrogens with one attached hydrogen (secondary N) is 1. The maximum Gasteiger partial charge on any atom is 0.225 e. The number of rotatable bonds is 9. The van der Waals surface area contributed by atoms with Gasteiger partial charge in [-0.2, -0.15) is 0 Å². The van der Waals surface area contributed by atoms with Crippen LogP contribution in [0.2, 0.25) is 10.0 Å². The van der Waals surface area contributed by atoms with Crippen LogP contribution in [-0.4, -0.2) is 82.4 Å². The third-order valence-corrected chi connectivity index (χ3v) is 8.41. The SMILES string of the molecule is CC(=O)NCC1CCN(Cc2cc(Oc3cnc(N4CCN(C(=O)C(C)C)CC4)nc3)nc(-c3cc(Cl)cc(Cl)c3)c2)CC1. The second kappa shape index (κ2) is 14.5. The van der Waals surface area contributed by atoms with E-state index in [-0.39, 0.29) is 17.7 Å². The van der Waals surface area contributed by atoms with Gasteiger partial charge < -0.3 is 19.9 Å². The summed E-state index contributed by atoms with van der Waals surface area (Å²) >= 11 is 12.6. The molecule has 1 aromatic carbocycles. The number of anilines is 1. The number of piperidine rings is 1. The number of hydrogen-bond donors (Lipinski definition) is 1. The minimum atomic E-state index is -0.00825. The van der Waals surface area contributed by atoms with Crippen LogP contribution in [0.25, 0.3) is 11.3 Å². The summed E-state index contributed by atoms with van der Waals surface area (Å²) in [5, 5.41) is 4.00. The van der Waals surface area contributed by atoms with Crippen LogP contribution in [0.5, 0.6) is 11.6 Å². The molecule has 0 aliphatic carbocycles. The molecule has 2 aliphatic heterocycles. The van der Waals surface area contributed by atoms with E-state index >= 15 is 0 Å². The molecule has 0 unspecified atom stereocenters. The van der Waals surface area contributed by atoms with Crippen molar-refractivity contribution in [2.75, 3.05) is 50.7 Å². The first-order valence-electron chi connectivity index (χ1n) is 15.1. The molecule has 2 aliphatic rings. The van der Waals surface area contributed by atoms with Crippen LogP contribution < -0.4 is 15.0 Å². The number of pyridine rings is 1. The molecule has 234 valence electrons. The molecule has 10 nitrogen and oxygen atoms in total. The molecule has 2 saturated heterocycles. The Morgan fingerprint density at radius 1 is 0.955 bits per heavy atom. The molecular weight excluding hydrogens is 601 g/mol. The average molecular weight is 641 g/mol. The van der Waals surface area contributed by atoms with Crippen molar-refractivity contribution in [3.05, 3.63) is 58.3 Å². The van der Waals surface area contributed by atoms with Crippen molar-refractivity contribution in [3.8, 4) is 22.9 Å². The fraction of sp³-hybridized carbons (Fsp3) is 0.469. The smallest absolute Gasteiger partial charge is 0.225 e. The Morgan fingerprint density at radius 2 is 1.61 bits per heavy atom. The van der Waals surface area contributed by atoms with Crippen molar-refractivity contribution in [1.82, 2.24) is 30.1 Å². The molecule has 0 atom stereocenters. The van der Waals surface area contributed by atoms with E-state index in [0.717, 1.165) is 50.1 Å². The Morgan fingerprint density at radius 3 is 2.23 bits per heavy atom. The van der Waals surface area contributed by atoms with Gasteiger partial charge in [-0.3, -0.25) is 14.5 Å². The Labute approximate surface area is 268 Å². The molecule has 4 heterocycles. The fourth-order valence-corrected chi connectivity index (χ4v) is 6.11. The molecule has 0 bridgehead atoms. The lowest BCUT2D eigenvalue weighted by molar-refractivity contribution is -0.134. The lowest BCUT2D eigenvalue weighted by atomic mass is 9.96. The molecule has 5 rings (SSSR count). The van der Waals surface area contributed by atoms with Gasteiger partial charge in [-0.1, -0.05) is 37.0 Å². The number of carbonyl (C=O) groups excluding carboxylic acids is 2. The number of likely N-dealkylation sites (tertiary alicyclic amines) is 1. The largest absolute Gasteiger partial charge is 0.436 e. The van der Waals surface area contributed by atoms with Crippen LogP contribution in [0, 0.1) is 11.8 Å². The topological polar surface area (TPSA) is 104 Å². The summed E-state index contributed by atoms with van der Waals surface area (Å²) in [7, 11) is 0. The Balaban J connectivity index is 1.29. The lowest BCUT2D eigenvalue weighted by Crippen LogP contribution is -2.50. The summed E-state index contributed by atoms with van der Waals surface area (Å²) in [5.41, 5.74) is 2.55. The molecule has 0 radical (unpaired) electrons. The average Bonchev–Trinajstić information content (AvgIpc) is 3.00. The van der Waals surface area contributed by atoms with Crippen LogP contribution in [0.1, 0.15) is 39.2 Å². The number of benzene rings is 1. The summed E-state index contributed by atoms with van der Waals surface area (Å²) < 4.78 is 6.19. The van der Waals surface area contributed by atoms with Crippen LogP contribution in [0.15, 0.2) is 42.7 Å². The predicted molar refractivity (Wildman–Crippen MR) is 172 cm³/mol. The minimum absolute atomic E-state index is 0.00825. The number of halogens is 2. The van der Waals surface area contributed by atoms with E-state index in [1.54, 1.807) is 25.4 Å². The van der Waals surface area contributed by atoms with E-state index < -0.39 is 0 Å². The van der Waals surface area contributed by atoms with E-state index in [1.165, 1.54) is 0 Å². The lowest BCUT2D eigenvalue weighted by Gasteiger charge is -2.35. The number of ether oxygens (including phenoxy) is 1. The second-order valence-corrected chi connectivity index (χ2v) is 12.7. The van der Waals surface area contributed by atoms with Gasteiger partial charge in [0.1, 0.15) is 0 Å². The van der Waals surface area contributed by atoms with Gasteiger partial charge in [-0.25, -0.2) is 15.0 Å². The van der Waals surface area contributed by atoms with Crippen molar-refractivity contribution < 1.29 is 14.3 Å². The van der Waals surface area contributed by atoms with Gasteiger partial charge in [0.05, 0.1) is 18.1 Å². The zero-order valence-electron chi connectivity index (χ0n) is 25.4. The Bertz CT molecular complexity index is 1430. The van der Waals surface area contributed by atoms with Crippen LogP contribution in [0.3, 0.4) is 0 Å². The molecule has 2 fully saturated rings. The van der Waals surface area contributed by atoms with Crippen molar-refractivity contribution in [2.45, 2.75) is 40.2 Å². The van der Waals surface area contributed by atoms with Gasteiger partial charge in [0.2, 0.25) is 23.6 Å². The molecule has 44 heavy (non-hydrogen) atoms. The summed E-state index contributed by atoms with van der Waals surface area (Å²) in [6.45, 7) is 11.4. The van der Waals surface area contributed by atoms with E-state index in [9.17, 15) is 9.59 Å². The first kappa shape index (κ1) is 31.9. The number of carbonyl (C=O) groups is 2. The van der Waals surface area contributed by atoms with Gasteiger partial charge in [-0.05, 0) is 61.7 Å². The van der Waals surface area contributed by atoms with Gasteiger partial charge in [0, 0.05) is 73.8 Å². The quantitative estimate of drug-likeness (QED) is 0.337. The van der Waals surface area contributed by atoms with Crippen LogP contribution in [-0.2, 0) is 16.1 Å². The summed E-state index contributed by atoms with van der Waals surface area (Å²) in [5.74, 6) is 2.17. The Kier molecular flexibility index (Phi) is 10.6. The molecule has 1 N–H and O–H groups in total. The predicted octanol–water partition coefficient (Wildman–Crippen LogP) is 5.29. The van der Waals surface area contributed by atoms with Crippen molar-refractivity contribution >= 4 is 41.0 Å². The number of aromatic nitrogens is 3. The highest BCUT2D eigenvalue weighted by atomic mass is 35.5. The molecule has 2 aromatic heterocycles. The summed E-state index contributed by atoms with van der Waals surface area (Å²) in [4.78, 5) is 43.9. The molecule has 2 amide bonds. The van der Waals surface area contributed by atoms with Gasteiger partial charge in [0.15, 0.2) is 5.75 Å². The first-order chi connectivity index (χ1) is 21.1. The maximum atomic E-state index is 12.3. The van der Waals surface area contributed by atoms with E-state index in [1.807, 2.05) is 43.0 Å².